The Bertz CT molecular complexity index is 790. The van der Waals surface area contributed by atoms with Gasteiger partial charge in [-0.25, -0.2) is 9.97 Å². The van der Waals surface area contributed by atoms with Crippen LogP contribution in [-0.4, -0.2) is 14.5 Å². The Morgan fingerprint density at radius 3 is 2.81 bits per heavy atom. The summed E-state index contributed by atoms with van der Waals surface area (Å²) in [5.41, 5.74) is 8.72. The molecule has 0 spiro atoms. The molecule has 1 aromatic carbocycles. The second kappa shape index (κ2) is 5.75. The van der Waals surface area contributed by atoms with Crippen molar-refractivity contribution in [2.75, 3.05) is 0 Å². The maximum absolute atomic E-state index is 6.09. The first-order chi connectivity index (χ1) is 10.1. The number of thiazole rings is 1. The Morgan fingerprint density at radius 2 is 2.14 bits per heavy atom. The van der Waals surface area contributed by atoms with E-state index in [4.69, 9.17) is 22.3 Å². The average molecular weight is 321 g/mol. The maximum atomic E-state index is 6.09. The number of benzene rings is 1. The van der Waals surface area contributed by atoms with Gasteiger partial charge in [-0.3, -0.25) is 0 Å². The lowest BCUT2D eigenvalue weighted by Crippen LogP contribution is -1.99. The number of hydrogen-bond acceptors (Lipinski definition) is 4. The van der Waals surface area contributed by atoms with Crippen LogP contribution in [0.3, 0.4) is 0 Å². The summed E-state index contributed by atoms with van der Waals surface area (Å²) in [5, 5.41) is 1.65. The first-order valence-electron chi connectivity index (χ1n) is 6.96. The van der Waals surface area contributed by atoms with Crippen LogP contribution in [0.25, 0.3) is 21.7 Å². The Labute approximate surface area is 132 Å². The highest BCUT2D eigenvalue weighted by Crippen LogP contribution is 2.33. The van der Waals surface area contributed by atoms with Gasteiger partial charge in [0.15, 0.2) is 5.82 Å². The number of hydrogen-bond donors (Lipinski definition) is 1. The van der Waals surface area contributed by atoms with Crippen molar-refractivity contribution in [2.24, 2.45) is 5.73 Å². The summed E-state index contributed by atoms with van der Waals surface area (Å²) in [6.45, 7) is 5.55. The molecule has 2 heterocycles. The molecule has 2 aromatic heterocycles. The van der Waals surface area contributed by atoms with Gasteiger partial charge in [-0.2, -0.15) is 0 Å². The Morgan fingerprint density at radius 1 is 1.33 bits per heavy atom. The van der Waals surface area contributed by atoms with Gasteiger partial charge in [-0.05, 0) is 31.5 Å². The fourth-order valence-electron chi connectivity index (χ4n) is 2.47. The second-order valence-electron chi connectivity index (χ2n) is 4.95. The van der Waals surface area contributed by atoms with Gasteiger partial charge in [-0.15, -0.1) is 11.3 Å². The van der Waals surface area contributed by atoms with Crippen LogP contribution in [0.4, 0.5) is 0 Å². The molecule has 3 rings (SSSR count). The summed E-state index contributed by atoms with van der Waals surface area (Å²) < 4.78 is 2.24. The van der Waals surface area contributed by atoms with E-state index in [1.807, 2.05) is 25.1 Å². The van der Waals surface area contributed by atoms with E-state index < -0.39 is 0 Å². The van der Waals surface area contributed by atoms with Crippen molar-refractivity contribution in [1.29, 1.82) is 0 Å². The van der Waals surface area contributed by atoms with Gasteiger partial charge in [0.05, 0.1) is 21.6 Å². The highest BCUT2D eigenvalue weighted by Gasteiger charge is 2.17. The number of fused-ring (bicyclic) bond motifs is 1. The molecule has 0 fully saturated rings. The zero-order valence-electron chi connectivity index (χ0n) is 12.1. The normalized spacial score (nSPS) is 11.4. The number of aryl methyl sites for hydroxylation is 2. The number of nitrogens with zero attached hydrogens (tertiary/aromatic N) is 3. The van der Waals surface area contributed by atoms with Gasteiger partial charge in [0.25, 0.3) is 0 Å². The predicted octanol–water partition coefficient (Wildman–Crippen LogP) is 3.99. The molecule has 4 nitrogen and oxygen atoms in total. The van der Waals surface area contributed by atoms with Crippen LogP contribution >= 0.6 is 22.9 Å². The molecule has 0 atom stereocenters. The summed E-state index contributed by atoms with van der Waals surface area (Å²) >= 11 is 7.71. The Kier molecular flexibility index (Phi) is 3.97. The quantitative estimate of drug-likeness (QED) is 0.790. The van der Waals surface area contributed by atoms with E-state index in [0.29, 0.717) is 11.6 Å². The van der Waals surface area contributed by atoms with Gasteiger partial charge in [0.1, 0.15) is 5.01 Å². The number of imidazole rings is 1. The zero-order valence-corrected chi connectivity index (χ0v) is 13.6. The van der Waals surface area contributed by atoms with E-state index in [2.05, 4.69) is 16.5 Å². The summed E-state index contributed by atoms with van der Waals surface area (Å²) in [4.78, 5) is 10.4. The number of aromatic nitrogens is 3. The van der Waals surface area contributed by atoms with Crippen LogP contribution in [-0.2, 0) is 13.1 Å². The van der Waals surface area contributed by atoms with Gasteiger partial charge >= 0.3 is 0 Å². The molecule has 0 saturated carbocycles. The van der Waals surface area contributed by atoms with E-state index in [0.717, 1.165) is 45.4 Å². The molecule has 21 heavy (non-hydrogen) atoms. The van der Waals surface area contributed by atoms with Crippen molar-refractivity contribution in [3.63, 3.8) is 0 Å². The minimum Gasteiger partial charge on any atom is -0.325 e. The largest absolute Gasteiger partial charge is 0.325 e. The standard InChI is InChI=1S/C15H17ClN4S/c1-3-6-20-12-5-4-10(16)7-11(12)19-15(20)14-9(2)18-13(8-17)21-14/h4-5,7H,3,6,8,17H2,1-2H3. The topological polar surface area (TPSA) is 56.7 Å². The lowest BCUT2D eigenvalue weighted by atomic mass is 10.3. The second-order valence-corrected chi connectivity index (χ2v) is 6.47. The Hall–Kier alpha value is -1.43. The maximum Gasteiger partial charge on any atom is 0.153 e. The van der Waals surface area contributed by atoms with Crippen LogP contribution < -0.4 is 5.73 Å². The molecule has 6 heteroatoms. The number of rotatable bonds is 4. The molecule has 2 N–H and O–H groups in total. The van der Waals surface area contributed by atoms with Crippen molar-refractivity contribution < 1.29 is 0 Å². The van der Waals surface area contributed by atoms with E-state index in [1.54, 1.807) is 11.3 Å². The lowest BCUT2D eigenvalue weighted by molar-refractivity contribution is 0.704. The van der Waals surface area contributed by atoms with Gasteiger partial charge in [-0.1, -0.05) is 18.5 Å². The molecule has 0 saturated heterocycles. The molecule has 0 aliphatic carbocycles. The fourth-order valence-corrected chi connectivity index (χ4v) is 3.58. The number of halogens is 1. The van der Waals surface area contributed by atoms with E-state index in [-0.39, 0.29) is 0 Å². The van der Waals surface area contributed by atoms with Crippen LogP contribution in [0.5, 0.6) is 0 Å². The molecule has 0 bridgehead atoms. The fraction of sp³-hybridized carbons (Fsp3) is 0.333. The third kappa shape index (κ3) is 2.57. The van der Waals surface area contributed by atoms with Crippen LogP contribution in [0.2, 0.25) is 5.02 Å². The minimum absolute atomic E-state index is 0.464. The molecule has 3 aromatic rings. The van der Waals surface area contributed by atoms with Crippen molar-refractivity contribution in [3.05, 3.63) is 33.9 Å². The lowest BCUT2D eigenvalue weighted by Gasteiger charge is -2.06. The molecule has 0 amide bonds. The summed E-state index contributed by atoms with van der Waals surface area (Å²) in [6, 6.07) is 5.85. The number of nitrogens with two attached hydrogens (primary N) is 1. The average Bonchev–Trinajstić information content (AvgIpc) is 3.00. The predicted molar refractivity (Wildman–Crippen MR) is 88.8 cm³/mol. The molecular formula is C15H17ClN4S. The van der Waals surface area contributed by atoms with Gasteiger partial charge in [0, 0.05) is 18.1 Å². The molecule has 110 valence electrons. The highest BCUT2D eigenvalue weighted by molar-refractivity contribution is 7.15. The zero-order chi connectivity index (χ0) is 15.0. The van der Waals surface area contributed by atoms with Crippen molar-refractivity contribution in [3.8, 4) is 10.7 Å². The van der Waals surface area contributed by atoms with Crippen LogP contribution in [0, 0.1) is 6.92 Å². The van der Waals surface area contributed by atoms with Gasteiger partial charge in [0.2, 0.25) is 0 Å². The van der Waals surface area contributed by atoms with Crippen LogP contribution in [0.1, 0.15) is 24.0 Å². The summed E-state index contributed by atoms with van der Waals surface area (Å²) in [5.74, 6) is 0.962. The highest BCUT2D eigenvalue weighted by atomic mass is 35.5. The third-order valence-corrected chi connectivity index (χ3v) is 4.79. The molecule has 0 unspecified atom stereocenters. The molecule has 0 aliphatic rings. The van der Waals surface area contributed by atoms with E-state index in [9.17, 15) is 0 Å². The SMILES string of the molecule is CCCn1c(-c2sc(CN)nc2C)nc2cc(Cl)ccc21. The summed E-state index contributed by atoms with van der Waals surface area (Å²) in [6.07, 6.45) is 1.04. The van der Waals surface area contributed by atoms with Crippen molar-refractivity contribution in [2.45, 2.75) is 33.4 Å². The Balaban J connectivity index is 2.24. The van der Waals surface area contributed by atoms with E-state index >= 15 is 0 Å². The van der Waals surface area contributed by atoms with Crippen LogP contribution in [0.15, 0.2) is 18.2 Å². The minimum atomic E-state index is 0.464. The van der Waals surface area contributed by atoms with Gasteiger partial charge < -0.3 is 10.3 Å². The molecule has 0 radical (unpaired) electrons. The molecule has 0 aliphatic heterocycles. The third-order valence-electron chi connectivity index (χ3n) is 3.38. The van der Waals surface area contributed by atoms with E-state index in [1.165, 1.54) is 0 Å². The monoisotopic (exact) mass is 320 g/mol. The molecular weight excluding hydrogens is 304 g/mol. The first kappa shape index (κ1) is 14.5. The first-order valence-corrected chi connectivity index (χ1v) is 8.16. The summed E-state index contributed by atoms with van der Waals surface area (Å²) in [7, 11) is 0. The smallest absolute Gasteiger partial charge is 0.153 e. The van der Waals surface area contributed by atoms with Crippen molar-refractivity contribution in [1.82, 2.24) is 14.5 Å². The van der Waals surface area contributed by atoms with Crippen molar-refractivity contribution >= 4 is 34.0 Å².